The van der Waals surface area contributed by atoms with Crippen molar-refractivity contribution >= 4 is 0 Å². The van der Waals surface area contributed by atoms with Crippen LogP contribution >= 0.6 is 0 Å². The molecule has 1 heterocycles. The largest absolute Gasteiger partial charge is 0.306 e. The number of nitrogens with zero attached hydrogens (tertiary/aromatic N) is 1. The lowest BCUT2D eigenvalue weighted by Gasteiger charge is -2.29. The summed E-state index contributed by atoms with van der Waals surface area (Å²) in [6, 6.07) is 10.9. The van der Waals surface area contributed by atoms with Crippen LogP contribution < -0.4 is 0 Å². The zero-order valence-electron chi connectivity index (χ0n) is 13.5. The number of likely N-dealkylation sites (tertiary alicyclic amines) is 1. The molecule has 0 saturated carbocycles. The Morgan fingerprint density at radius 2 is 1.75 bits per heavy atom. The number of hydrogen-bond donors (Lipinski definition) is 0. The first-order chi connectivity index (χ1) is 9.76. The van der Waals surface area contributed by atoms with E-state index in [1.54, 1.807) is 12.2 Å². The van der Waals surface area contributed by atoms with Crippen molar-refractivity contribution in [2.45, 2.75) is 33.1 Å². The van der Waals surface area contributed by atoms with Gasteiger partial charge in [0.2, 0.25) is 0 Å². The highest BCUT2D eigenvalue weighted by Gasteiger charge is 2.16. The van der Waals surface area contributed by atoms with Crippen LogP contribution in [0.2, 0.25) is 0 Å². The standard InChI is InChI=1S/C13H19N.C4H6.C2H6/c1-14-9-5-8-13(11-14)10-12-6-3-2-4-7-12;1-3-4-2;1-2/h2-4,6-7,13H,5,8-11H2,1H3;3-4H,1-2H2;1-2H3. The van der Waals surface area contributed by atoms with Crippen molar-refractivity contribution in [1.82, 2.24) is 4.90 Å². The third-order valence-electron chi connectivity index (χ3n) is 3.26. The van der Waals surface area contributed by atoms with Gasteiger partial charge in [0.15, 0.2) is 0 Å². The fourth-order valence-electron chi connectivity index (χ4n) is 2.39. The molecule has 0 aliphatic carbocycles. The van der Waals surface area contributed by atoms with Crippen molar-refractivity contribution in [3.63, 3.8) is 0 Å². The molecule has 1 atom stereocenters. The fourth-order valence-corrected chi connectivity index (χ4v) is 2.39. The quantitative estimate of drug-likeness (QED) is 0.704. The van der Waals surface area contributed by atoms with Gasteiger partial charge in [0.05, 0.1) is 0 Å². The molecule has 1 nitrogen and oxygen atoms in total. The molecule has 1 saturated heterocycles. The van der Waals surface area contributed by atoms with Gasteiger partial charge >= 0.3 is 0 Å². The maximum Gasteiger partial charge on any atom is 0.000979 e. The number of hydrogen-bond acceptors (Lipinski definition) is 1. The van der Waals surface area contributed by atoms with E-state index in [9.17, 15) is 0 Å². The molecule has 112 valence electrons. The highest BCUT2D eigenvalue weighted by molar-refractivity contribution is 5.15. The summed E-state index contributed by atoms with van der Waals surface area (Å²) in [5.41, 5.74) is 1.49. The van der Waals surface area contributed by atoms with Crippen LogP contribution in [-0.4, -0.2) is 25.0 Å². The minimum absolute atomic E-state index is 0.871. The predicted molar refractivity (Wildman–Crippen MR) is 92.1 cm³/mol. The van der Waals surface area contributed by atoms with Gasteiger partial charge in [0, 0.05) is 6.54 Å². The van der Waals surface area contributed by atoms with Crippen LogP contribution in [-0.2, 0) is 6.42 Å². The van der Waals surface area contributed by atoms with Crippen molar-refractivity contribution in [2.24, 2.45) is 5.92 Å². The van der Waals surface area contributed by atoms with Crippen LogP contribution in [0, 0.1) is 5.92 Å². The summed E-state index contributed by atoms with van der Waals surface area (Å²) in [4.78, 5) is 2.46. The topological polar surface area (TPSA) is 3.24 Å². The van der Waals surface area contributed by atoms with Gasteiger partial charge in [-0.3, -0.25) is 0 Å². The first-order valence-corrected chi connectivity index (χ1v) is 7.72. The summed E-state index contributed by atoms with van der Waals surface area (Å²) in [6.07, 6.45) is 7.30. The lowest BCUT2D eigenvalue weighted by atomic mass is 9.92. The monoisotopic (exact) mass is 273 g/mol. The second-order valence-electron chi connectivity index (χ2n) is 4.93. The lowest BCUT2D eigenvalue weighted by molar-refractivity contribution is 0.209. The van der Waals surface area contributed by atoms with E-state index in [0.29, 0.717) is 0 Å². The van der Waals surface area contributed by atoms with Crippen molar-refractivity contribution in [2.75, 3.05) is 20.1 Å². The van der Waals surface area contributed by atoms with E-state index in [-0.39, 0.29) is 0 Å². The van der Waals surface area contributed by atoms with E-state index < -0.39 is 0 Å². The molecule has 0 N–H and O–H groups in total. The highest BCUT2D eigenvalue weighted by Crippen LogP contribution is 2.19. The highest BCUT2D eigenvalue weighted by atomic mass is 15.1. The Hall–Kier alpha value is -1.34. The number of allylic oxidation sites excluding steroid dienone is 2. The van der Waals surface area contributed by atoms with Gasteiger partial charge in [0.25, 0.3) is 0 Å². The van der Waals surface area contributed by atoms with Crippen LogP contribution in [0.25, 0.3) is 0 Å². The van der Waals surface area contributed by atoms with Gasteiger partial charge in [0.1, 0.15) is 0 Å². The third kappa shape index (κ3) is 8.71. The van der Waals surface area contributed by atoms with Gasteiger partial charge in [-0.1, -0.05) is 69.5 Å². The minimum Gasteiger partial charge on any atom is -0.306 e. The molecule has 1 aromatic carbocycles. The van der Waals surface area contributed by atoms with Crippen LogP contribution in [0.4, 0.5) is 0 Å². The molecule has 0 amide bonds. The fraction of sp³-hybridized carbons (Fsp3) is 0.474. The smallest absolute Gasteiger partial charge is 0.000979 e. The summed E-state index contributed by atoms with van der Waals surface area (Å²) in [7, 11) is 2.23. The summed E-state index contributed by atoms with van der Waals surface area (Å²) in [5, 5.41) is 0. The molecule has 1 unspecified atom stereocenters. The molecule has 20 heavy (non-hydrogen) atoms. The van der Waals surface area contributed by atoms with Crippen LogP contribution in [0.1, 0.15) is 32.3 Å². The molecule has 1 aliphatic rings. The van der Waals surface area contributed by atoms with E-state index in [2.05, 4.69) is 55.4 Å². The number of piperidine rings is 1. The summed E-state index contributed by atoms with van der Waals surface area (Å²) >= 11 is 0. The molecular formula is C19H31N. The SMILES string of the molecule is C=CC=C.CC.CN1CCCC(Cc2ccccc2)C1. The Labute approximate surface area is 126 Å². The molecular weight excluding hydrogens is 242 g/mol. The van der Waals surface area contributed by atoms with E-state index in [0.717, 1.165) is 5.92 Å². The first kappa shape index (κ1) is 18.7. The summed E-state index contributed by atoms with van der Waals surface area (Å²) in [6.45, 7) is 13.3. The second kappa shape index (κ2) is 12.7. The Morgan fingerprint density at radius 1 is 1.15 bits per heavy atom. The van der Waals surface area contributed by atoms with Crippen LogP contribution in [0.5, 0.6) is 0 Å². The zero-order chi connectivity index (χ0) is 15.2. The lowest BCUT2D eigenvalue weighted by Crippen LogP contribution is -2.32. The molecule has 0 aromatic heterocycles. The maximum absolute atomic E-state index is 3.36. The van der Waals surface area contributed by atoms with Gasteiger partial charge in [-0.25, -0.2) is 0 Å². The molecule has 1 heteroatoms. The minimum atomic E-state index is 0.871. The third-order valence-corrected chi connectivity index (χ3v) is 3.26. The average molecular weight is 273 g/mol. The number of rotatable bonds is 3. The Kier molecular flexibility index (Phi) is 11.8. The Balaban J connectivity index is 0.000000521. The predicted octanol–water partition coefficient (Wildman–Crippen LogP) is 4.96. The molecule has 0 spiro atoms. The summed E-state index contributed by atoms with van der Waals surface area (Å²) < 4.78 is 0. The molecule has 1 aliphatic heterocycles. The van der Waals surface area contributed by atoms with Crippen molar-refractivity contribution in [1.29, 1.82) is 0 Å². The second-order valence-corrected chi connectivity index (χ2v) is 4.93. The Morgan fingerprint density at radius 3 is 2.25 bits per heavy atom. The van der Waals surface area contributed by atoms with Crippen molar-refractivity contribution in [3.05, 3.63) is 61.2 Å². The first-order valence-electron chi connectivity index (χ1n) is 7.72. The van der Waals surface area contributed by atoms with E-state index >= 15 is 0 Å². The zero-order valence-corrected chi connectivity index (χ0v) is 13.5. The maximum atomic E-state index is 3.36. The molecule has 1 aromatic rings. The van der Waals surface area contributed by atoms with Gasteiger partial charge < -0.3 is 4.90 Å². The number of benzene rings is 1. The molecule has 1 fully saturated rings. The van der Waals surface area contributed by atoms with Gasteiger partial charge in [-0.15, -0.1) is 0 Å². The van der Waals surface area contributed by atoms with Crippen molar-refractivity contribution in [3.8, 4) is 0 Å². The van der Waals surface area contributed by atoms with Crippen LogP contribution in [0.15, 0.2) is 55.6 Å². The van der Waals surface area contributed by atoms with Crippen molar-refractivity contribution < 1.29 is 0 Å². The van der Waals surface area contributed by atoms with E-state index in [1.165, 1.54) is 37.9 Å². The van der Waals surface area contributed by atoms with Crippen LogP contribution in [0.3, 0.4) is 0 Å². The molecule has 2 rings (SSSR count). The summed E-state index contributed by atoms with van der Waals surface area (Å²) in [5.74, 6) is 0.871. The van der Waals surface area contributed by atoms with Gasteiger partial charge in [-0.2, -0.15) is 0 Å². The van der Waals surface area contributed by atoms with Gasteiger partial charge in [-0.05, 0) is 44.3 Å². The molecule has 0 bridgehead atoms. The van der Waals surface area contributed by atoms with E-state index in [1.807, 2.05) is 13.8 Å². The molecule has 0 radical (unpaired) electrons. The Bertz CT molecular complexity index is 336. The average Bonchev–Trinajstić information content (AvgIpc) is 2.51. The van der Waals surface area contributed by atoms with E-state index in [4.69, 9.17) is 0 Å². The normalized spacial score (nSPS) is 17.9.